The standard InChI is InChI=1S/C11H16ClN5O4/c12-3-9(15-16-13)8-4-17(11(21)14-10(8)20)2-1-7(5-18)6-19/h4,7,9,18-19H,1-3,5-6H2,(H,14,20,21). The third-order valence-corrected chi connectivity index (χ3v) is 3.32. The van der Waals surface area contributed by atoms with Gasteiger partial charge in [0.1, 0.15) is 0 Å². The molecule has 0 aromatic carbocycles. The summed E-state index contributed by atoms with van der Waals surface area (Å²) in [5.41, 5.74) is 7.26. The molecule has 116 valence electrons. The molecule has 0 spiro atoms. The predicted molar refractivity (Wildman–Crippen MR) is 76.2 cm³/mol. The van der Waals surface area contributed by atoms with E-state index in [9.17, 15) is 9.59 Å². The van der Waals surface area contributed by atoms with E-state index in [0.29, 0.717) is 6.42 Å². The summed E-state index contributed by atoms with van der Waals surface area (Å²) in [4.78, 5) is 28.2. The molecule has 1 aromatic heterocycles. The van der Waals surface area contributed by atoms with Crippen molar-refractivity contribution in [2.45, 2.75) is 19.0 Å². The van der Waals surface area contributed by atoms with Gasteiger partial charge in [-0.25, -0.2) is 4.79 Å². The Labute approximate surface area is 124 Å². The maximum absolute atomic E-state index is 11.7. The van der Waals surface area contributed by atoms with Crippen LogP contribution in [-0.2, 0) is 6.54 Å². The van der Waals surface area contributed by atoms with Crippen LogP contribution >= 0.6 is 11.6 Å². The topological polar surface area (TPSA) is 144 Å². The Morgan fingerprint density at radius 2 is 2.10 bits per heavy atom. The molecule has 0 bridgehead atoms. The molecule has 0 saturated carbocycles. The van der Waals surface area contributed by atoms with E-state index in [2.05, 4.69) is 15.0 Å². The van der Waals surface area contributed by atoms with Crippen molar-refractivity contribution in [3.05, 3.63) is 43.0 Å². The van der Waals surface area contributed by atoms with Gasteiger partial charge < -0.3 is 14.8 Å². The van der Waals surface area contributed by atoms with Crippen LogP contribution in [0.25, 0.3) is 10.4 Å². The van der Waals surface area contributed by atoms with Crippen LogP contribution in [-0.4, -0.2) is 38.9 Å². The summed E-state index contributed by atoms with van der Waals surface area (Å²) < 4.78 is 1.22. The van der Waals surface area contributed by atoms with Gasteiger partial charge in [-0.2, -0.15) is 0 Å². The van der Waals surface area contributed by atoms with Crippen molar-refractivity contribution in [3.8, 4) is 0 Å². The second kappa shape index (κ2) is 8.48. The Hall–Kier alpha value is -1.80. The zero-order valence-electron chi connectivity index (χ0n) is 11.1. The summed E-state index contributed by atoms with van der Waals surface area (Å²) in [6, 6.07) is -0.876. The van der Waals surface area contributed by atoms with Crippen LogP contribution in [0.15, 0.2) is 20.9 Å². The van der Waals surface area contributed by atoms with E-state index in [1.165, 1.54) is 10.8 Å². The summed E-state index contributed by atoms with van der Waals surface area (Å²) in [6.45, 7) is -0.214. The fraction of sp³-hybridized carbons (Fsp3) is 0.636. The van der Waals surface area contributed by atoms with Crippen molar-refractivity contribution in [3.63, 3.8) is 0 Å². The second-order valence-electron chi connectivity index (χ2n) is 4.43. The first kappa shape index (κ1) is 17.3. The lowest BCUT2D eigenvalue weighted by Crippen LogP contribution is -2.33. The second-order valence-corrected chi connectivity index (χ2v) is 4.74. The molecule has 1 heterocycles. The van der Waals surface area contributed by atoms with Gasteiger partial charge in [0, 0.05) is 48.2 Å². The summed E-state index contributed by atoms with van der Waals surface area (Å²) in [5.74, 6) is -0.449. The molecule has 0 aliphatic rings. The lowest BCUT2D eigenvalue weighted by Gasteiger charge is -2.13. The minimum Gasteiger partial charge on any atom is -0.396 e. The summed E-state index contributed by atoms with van der Waals surface area (Å²) in [6.07, 6.45) is 1.64. The predicted octanol–water partition coefficient (Wildman–Crippen LogP) is 0.118. The number of nitrogens with zero attached hydrogens (tertiary/aromatic N) is 4. The minimum atomic E-state index is -0.876. The van der Waals surface area contributed by atoms with Crippen molar-refractivity contribution >= 4 is 11.6 Å². The normalized spacial score (nSPS) is 12.2. The van der Waals surface area contributed by atoms with Gasteiger partial charge in [0.2, 0.25) is 0 Å². The molecule has 0 aliphatic heterocycles. The number of H-pyrrole nitrogens is 1. The average molecular weight is 318 g/mol. The molecule has 1 rings (SSSR count). The molecule has 0 amide bonds. The minimum absolute atomic E-state index is 0.0898. The number of alkyl halides is 1. The number of nitrogens with one attached hydrogen (secondary N) is 1. The molecule has 0 radical (unpaired) electrons. The number of aryl methyl sites for hydroxylation is 1. The molecule has 21 heavy (non-hydrogen) atoms. The van der Waals surface area contributed by atoms with E-state index in [1.54, 1.807) is 0 Å². The van der Waals surface area contributed by atoms with Crippen molar-refractivity contribution in [2.24, 2.45) is 11.0 Å². The maximum Gasteiger partial charge on any atom is 0.328 e. The molecule has 9 nitrogen and oxygen atoms in total. The smallest absolute Gasteiger partial charge is 0.328 e. The van der Waals surface area contributed by atoms with Gasteiger partial charge in [0.15, 0.2) is 0 Å². The molecular formula is C11H16ClN5O4. The van der Waals surface area contributed by atoms with Gasteiger partial charge in [-0.15, -0.1) is 11.6 Å². The van der Waals surface area contributed by atoms with Crippen LogP contribution in [0.3, 0.4) is 0 Å². The van der Waals surface area contributed by atoms with E-state index in [0.717, 1.165) is 0 Å². The van der Waals surface area contributed by atoms with E-state index >= 15 is 0 Å². The molecule has 10 heteroatoms. The number of aliphatic hydroxyl groups is 2. The Morgan fingerprint density at radius 1 is 1.43 bits per heavy atom. The number of hydrogen-bond acceptors (Lipinski definition) is 5. The third kappa shape index (κ3) is 4.61. The Morgan fingerprint density at radius 3 is 2.62 bits per heavy atom. The average Bonchev–Trinajstić information content (AvgIpc) is 2.48. The van der Waals surface area contributed by atoms with E-state index < -0.39 is 17.3 Å². The molecule has 0 fully saturated rings. The van der Waals surface area contributed by atoms with Crippen LogP contribution in [0.4, 0.5) is 0 Å². The molecule has 0 saturated heterocycles. The first-order valence-corrected chi connectivity index (χ1v) is 6.76. The Bertz CT molecular complexity index is 618. The van der Waals surface area contributed by atoms with Gasteiger partial charge in [0.05, 0.1) is 6.04 Å². The van der Waals surface area contributed by atoms with E-state index in [1.807, 2.05) is 0 Å². The molecule has 3 N–H and O–H groups in total. The highest BCUT2D eigenvalue weighted by molar-refractivity contribution is 6.18. The number of aromatic amines is 1. The van der Waals surface area contributed by atoms with Gasteiger partial charge in [-0.3, -0.25) is 9.78 Å². The number of azide groups is 1. The monoisotopic (exact) mass is 317 g/mol. The van der Waals surface area contributed by atoms with Crippen molar-refractivity contribution in [2.75, 3.05) is 19.1 Å². The van der Waals surface area contributed by atoms with Gasteiger partial charge in [0.25, 0.3) is 5.56 Å². The number of aliphatic hydroxyl groups excluding tert-OH is 2. The molecule has 0 aliphatic carbocycles. The fourth-order valence-electron chi connectivity index (χ4n) is 1.73. The van der Waals surface area contributed by atoms with Crippen LogP contribution in [0, 0.1) is 5.92 Å². The van der Waals surface area contributed by atoms with Crippen LogP contribution < -0.4 is 11.2 Å². The van der Waals surface area contributed by atoms with Crippen molar-refractivity contribution in [1.29, 1.82) is 0 Å². The number of rotatable bonds is 8. The molecule has 1 atom stereocenters. The SMILES string of the molecule is [N-]=[N+]=NC(CCl)c1cn(CCC(CO)CO)c(=O)[nH]c1=O. The number of halogens is 1. The van der Waals surface area contributed by atoms with Gasteiger partial charge in [-0.05, 0) is 12.0 Å². The molecule has 1 unspecified atom stereocenters. The zero-order chi connectivity index (χ0) is 15.8. The van der Waals surface area contributed by atoms with Crippen LogP contribution in [0.2, 0.25) is 0 Å². The van der Waals surface area contributed by atoms with Gasteiger partial charge in [-0.1, -0.05) is 5.11 Å². The zero-order valence-corrected chi connectivity index (χ0v) is 11.9. The highest BCUT2D eigenvalue weighted by Gasteiger charge is 2.15. The number of aromatic nitrogens is 2. The summed E-state index contributed by atoms with van der Waals surface area (Å²) >= 11 is 5.65. The summed E-state index contributed by atoms with van der Waals surface area (Å²) in [5, 5.41) is 21.4. The largest absolute Gasteiger partial charge is 0.396 e. The highest BCUT2D eigenvalue weighted by atomic mass is 35.5. The summed E-state index contributed by atoms with van der Waals surface area (Å²) in [7, 11) is 0. The first-order valence-electron chi connectivity index (χ1n) is 6.22. The van der Waals surface area contributed by atoms with E-state index in [4.69, 9.17) is 27.3 Å². The fourth-order valence-corrected chi connectivity index (χ4v) is 1.96. The Balaban J connectivity index is 3.08. The molecular weight excluding hydrogens is 302 g/mol. The highest BCUT2D eigenvalue weighted by Crippen LogP contribution is 2.14. The molecule has 1 aromatic rings. The van der Waals surface area contributed by atoms with Crippen LogP contribution in [0.1, 0.15) is 18.0 Å². The Kier molecular flexibility index (Phi) is 6.97. The van der Waals surface area contributed by atoms with Crippen molar-refractivity contribution < 1.29 is 10.2 Å². The quantitative estimate of drug-likeness (QED) is 0.270. The van der Waals surface area contributed by atoms with Gasteiger partial charge >= 0.3 is 5.69 Å². The number of hydrogen-bond donors (Lipinski definition) is 3. The maximum atomic E-state index is 11.7. The lowest BCUT2D eigenvalue weighted by atomic mass is 10.1. The van der Waals surface area contributed by atoms with Crippen LogP contribution in [0.5, 0.6) is 0 Å². The van der Waals surface area contributed by atoms with E-state index in [-0.39, 0.29) is 37.1 Å². The first-order chi connectivity index (χ1) is 10.1. The van der Waals surface area contributed by atoms with Crippen molar-refractivity contribution in [1.82, 2.24) is 9.55 Å². The third-order valence-electron chi connectivity index (χ3n) is 3.03. The lowest BCUT2D eigenvalue weighted by molar-refractivity contribution is 0.140.